The molecule has 3 rings (SSSR count). The monoisotopic (exact) mass is 312 g/mol. The van der Waals surface area contributed by atoms with E-state index < -0.39 is 0 Å². The number of fused-ring (bicyclic) bond motifs is 1. The Morgan fingerprint density at radius 1 is 1.30 bits per heavy atom. The summed E-state index contributed by atoms with van der Waals surface area (Å²) in [4.78, 5) is 29.7. The number of hydrogen-bond acceptors (Lipinski definition) is 2. The number of nitrogens with zero attached hydrogens (tertiary/aromatic N) is 1. The Morgan fingerprint density at radius 2 is 2.04 bits per heavy atom. The summed E-state index contributed by atoms with van der Waals surface area (Å²) in [5.41, 5.74) is 2.54. The van der Waals surface area contributed by atoms with Crippen LogP contribution in [0.1, 0.15) is 50.2 Å². The summed E-state index contributed by atoms with van der Waals surface area (Å²) in [6, 6.07) is 8.21. The van der Waals surface area contributed by atoms with Crippen LogP contribution < -0.4 is 5.56 Å². The lowest BCUT2D eigenvalue weighted by atomic mass is 10.1. The summed E-state index contributed by atoms with van der Waals surface area (Å²) >= 11 is 0. The lowest BCUT2D eigenvalue weighted by molar-refractivity contribution is -0.133. The highest BCUT2D eigenvalue weighted by molar-refractivity contribution is 5.82. The predicted molar refractivity (Wildman–Crippen MR) is 92.4 cm³/mol. The fourth-order valence-corrected chi connectivity index (χ4v) is 3.57. The van der Waals surface area contributed by atoms with Crippen LogP contribution in [0.25, 0.3) is 10.9 Å². The maximum atomic E-state index is 12.5. The summed E-state index contributed by atoms with van der Waals surface area (Å²) in [6.07, 6.45) is 4.94. The van der Waals surface area contributed by atoms with Crippen LogP contribution in [0.2, 0.25) is 0 Å². The van der Waals surface area contributed by atoms with Crippen molar-refractivity contribution >= 4 is 16.8 Å². The molecular formula is C19H24N2O2. The molecule has 0 aliphatic heterocycles. The minimum atomic E-state index is -0.0845. The second-order valence-electron chi connectivity index (χ2n) is 6.48. The Balaban J connectivity index is 1.96. The number of carbonyl (C=O) groups excluding carboxylic acids is 1. The van der Waals surface area contributed by atoms with E-state index in [-0.39, 0.29) is 17.5 Å². The molecule has 1 fully saturated rings. The van der Waals surface area contributed by atoms with Crippen LogP contribution in [-0.2, 0) is 11.3 Å². The average Bonchev–Trinajstić information content (AvgIpc) is 3.07. The van der Waals surface area contributed by atoms with Gasteiger partial charge in [0.05, 0.1) is 12.1 Å². The first-order chi connectivity index (χ1) is 11.1. The first-order valence-electron chi connectivity index (χ1n) is 8.51. The van der Waals surface area contributed by atoms with E-state index in [9.17, 15) is 9.59 Å². The molecule has 0 saturated heterocycles. The van der Waals surface area contributed by atoms with E-state index in [0.717, 1.165) is 29.3 Å². The van der Waals surface area contributed by atoms with E-state index in [2.05, 4.69) is 4.98 Å². The van der Waals surface area contributed by atoms with E-state index in [1.54, 1.807) is 0 Å². The van der Waals surface area contributed by atoms with Crippen LogP contribution in [0.5, 0.6) is 0 Å². The van der Waals surface area contributed by atoms with Crippen LogP contribution in [0.15, 0.2) is 29.1 Å². The molecule has 1 heterocycles. The minimum Gasteiger partial charge on any atom is -0.335 e. The molecule has 1 amide bonds. The molecule has 1 aromatic heterocycles. The van der Waals surface area contributed by atoms with Crippen molar-refractivity contribution in [3.8, 4) is 0 Å². The zero-order chi connectivity index (χ0) is 16.4. The second-order valence-corrected chi connectivity index (χ2v) is 6.48. The Morgan fingerprint density at radius 3 is 2.74 bits per heavy atom. The van der Waals surface area contributed by atoms with Crippen molar-refractivity contribution in [2.45, 2.75) is 58.5 Å². The third kappa shape index (κ3) is 3.16. The lowest BCUT2D eigenvalue weighted by Crippen LogP contribution is -2.39. The molecule has 0 unspecified atom stereocenters. The van der Waals surface area contributed by atoms with Crippen LogP contribution in [0, 0.1) is 6.92 Å². The zero-order valence-corrected chi connectivity index (χ0v) is 13.9. The maximum absolute atomic E-state index is 12.5. The number of aromatic amines is 1. The van der Waals surface area contributed by atoms with Crippen molar-refractivity contribution in [2.75, 3.05) is 0 Å². The number of carbonyl (C=O) groups is 1. The van der Waals surface area contributed by atoms with Gasteiger partial charge in [-0.25, -0.2) is 0 Å². The van der Waals surface area contributed by atoms with E-state index in [0.29, 0.717) is 18.5 Å². The van der Waals surface area contributed by atoms with Crippen LogP contribution in [0.3, 0.4) is 0 Å². The summed E-state index contributed by atoms with van der Waals surface area (Å²) in [5, 5.41) is 1.02. The van der Waals surface area contributed by atoms with Crippen molar-refractivity contribution in [2.24, 2.45) is 0 Å². The molecule has 0 atom stereocenters. The summed E-state index contributed by atoms with van der Waals surface area (Å²) in [7, 11) is 0. The summed E-state index contributed by atoms with van der Waals surface area (Å²) in [5.74, 6) is 0.139. The second kappa shape index (κ2) is 6.57. The number of nitrogens with one attached hydrogen (secondary N) is 1. The van der Waals surface area contributed by atoms with Gasteiger partial charge in [0.1, 0.15) is 0 Å². The van der Waals surface area contributed by atoms with Gasteiger partial charge in [-0.2, -0.15) is 0 Å². The highest BCUT2D eigenvalue weighted by atomic mass is 16.2. The number of benzene rings is 1. The number of aryl methyl sites for hydroxylation is 1. The van der Waals surface area contributed by atoms with Crippen LogP contribution in [-0.4, -0.2) is 21.8 Å². The van der Waals surface area contributed by atoms with E-state index in [4.69, 9.17) is 0 Å². The first-order valence-corrected chi connectivity index (χ1v) is 8.51. The maximum Gasteiger partial charge on any atom is 0.253 e. The van der Waals surface area contributed by atoms with E-state index >= 15 is 0 Å². The van der Waals surface area contributed by atoms with Crippen molar-refractivity contribution in [3.63, 3.8) is 0 Å². The standard InChI is InChI=1S/C19H24N2O2/c1-3-17(22)21(16-9-4-5-10-16)12-15-11-14-8-6-7-13(2)18(14)20-19(15)23/h6-8,11,16H,3-5,9-10,12H2,1-2H3,(H,20,23). The van der Waals surface area contributed by atoms with Gasteiger partial charge in [0.2, 0.25) is 5.91 Å². The zero-order valence-electron chi connectivity index (χ0n) is 13.9. The number of para-hydroxylation sites is 1. The number of amides is 1. The molecule has 23 heavy (non-hydrogen) atoms. The molecule has 1 saturated carbocycles. The first kappa shape index (κ1) is 15.8. The van der Waals surface area contributed by atoms with Gasteiger partial charge < -0.3 is 9.88 Å². The molecule has 0 spiro atoms. The van der Waals surface area contributed by atoms with Gasteiger partial charge in [-0.15, -0.1) is 0 Å². The van der Waals surface area contributed by atoms with Gasteiger partial charge in [-0.05, 0) is 36.8 Å². The van der Waals surface area contributed by atoms with E-state index in [1.807, 2.05) is 43.0 Å². The number of H-pyrrole nitrogens is 1. The SMILES string of the molecule is CCC(=O)N(Cc1cc2cccc(C)c2[nH]c1=O)C1CCCC1. The fraction of sp³-hybridized carbons (Fsp3) is 0.474. The quantitative estimate of drug-likeness (QED) is 0.939. The molecular weight excluding hydrogens is 288 g/mol. The smallest absolute Gasteiger partial charge is 0.253 e. The Bertz CT molecular complexity index is 773. The molecule has 1 N–H and O–H groups in total. The molecule has 0 radical (unpaired) electrons. The molecule has 2 aromatic rings. The molecule has 1 aromatic carbocycles. The Hall–Kier alpha value is -2.10. The van der Waals surface area contributed by atoms with Gasteiger partial charge in [0.15, 0.2) is 0 Å². The molecule has 4 heteroatoms. The van der Waals surface area contributed by atoms with Crippen molar-refractivity contribution < 1.29 is 4.79 Å². The predicted octanol–water partition coefficient (Wildman–Crippen LogP) is 3.52. The number of pyridine rings is 1. The largest absolute Gasteiger partial charge is 0.335 e. The molecule has 0 bridgehead atoms. The van der Waals surface area contributed by atoms with Crippen LogP contribution >= 0.6 is 0 Å². The van der Waals surface area contributed by atoms with Gasteiger partial charge >= 0.3 is 0 Å². The van der Waals surface area contributed by atoms with Gasteiger partial charge in [-0.3, -0.25) is 9.59 Å². The Labute approximate surface area is 136 Å². The van der Waals surface area contributed by atoms with Gasteiger partial charge in [-0.1, -0.05) is 38.0 Å². The number of rotatable bonds is 4. The topological polar surface area (TPSA) is 53.2 Å². The fourth-order valence-electron chi connectivity index (χ4n) is 3.57. The molecule has 122 valence electrons. The lowest BCUT2D eigenvalue weighted by Gasteiger charge is -2.28. The van der Waals surface area contributed by atoms with Crippen LogP contribution in [0.4, 0.5) is 0 Å². The van der Waals surface area contributed by atoms with Crippen molar-refractivity contribution in [3.05, 3.63) is 45.7 Å². The molecule has 1 aliphatic rings. The Kier molecular flexibility index (Phi) is 4.51. The summed E-state index contributed by atoms with van der Waals surface area (Å²) < 4.78 is 0. The van der Waals surface area contributed by atoms with E-state index in [1.165, 1.54) is 12.8 Å². The highest BCUT2D eigenvalue weighted by Crippen LogP contribution is 2.25. The van der Waals surface area contributed by atoms with Gasteiger partial charge in [0.25, 0.3) is 5.56 Å². The normalized spacial score (nSPS) is 15.2. The third-order valence-corrected chi connectivity index (χ3v) is 4.89. The summed E-state index contributed by atoms with van der Waals surface area (Å²) in [6.45, 7) is 4.29. The molecule has 4 nitrogen and oxygen atoms in total. The van der Waals surface area contributed by atoms with Crippen molar-refractivity contribution in [1.29, 1.82) is 0 Å². The van der Waals surface area contributed by atoms with Gasteiger partial charge in [0, 0.05) is 18.0 Å². The highest BCUT2D eigenvalue weighted by Gasteiger charge is 2.26. The average molecular weight is 312 g/mol. The third-order valence-electron chi connectivity index (χ3n) is 4.89. The number of aromatic nitrogens is 1. The molecule has 1 aliphatic carbocycles. The van der Waals surface area contributed by atoms with Crippen molar-refractivity contribution in [1.82, 2.24) is 9.88 Å². The number of hydrogen-bond donors (Lipinski definition) is 1. The minimum absolute atomic E-state index is 0.0845.